The topological polar surface area (TPSA) is 101 Å². The van der Waals surface area contributed by atoms with Crippen LogP contribution in [0, 0.1) is 0 Å². The summed E-state index contributed by atoms with van der Waals surface area (Å²) in [5.41, 5.74) is 1.01. The highest BCUT2D eigenvalue weighted by Crippen LogP contribution is 2.30. The first-order valence-electron chi connectivity index (χ1n) is 6.73. The van der Waals surface area contributed by atoms with Gasteiger partial charge in [0.05, 0.1) is 0 Å². The summed E-state index contributed by atoms with van der Waals surface area (Å²) in [6.45, 7) is 3.31. The number of nitrogens with zero attached hydrogens (tertiary/aromatic N) is 1. The Balaban J connectivity index is 2.41. The molecule has 0 saturated heterocycles. The molecule has 0 atom stereocenters. The molecule has 0 radical (unpaired) electrons. The molecular formula is C14H15N3O4S. The van der Waals surface area contributed by atoms with Crippen LogP contribution in [0.3, 0.4) is 0 Å². The van der Waals surface area contributed by atoms with Crippen LogP contribution >= 0.6 is 11.3 Å². The summed E-state index contributed by atoms with van der Waals surface area (Å²) in [6, 6.07) is 1.77. The minimum Gasteiger partial charge on any atom is -0.337 e. The Labute approximate surface area is 130 Å². The molecule has 0 unspecified atom stereocenters. The average Bonchev–Trinajstić information content (AvgIpc) is 3.15. The molecule has 116 valence electrons. The highest BCUT2D eigenvalue weighted by Gasteiger charge is 2.26. The van der Waals surface area contributed by atoms with E-state index in [1.807, 2.05) is 5.38 Å². The first kappa shape index (κ1) is 15.9. The second-order valence-corrected chi connectivity index (χ2v) is 5.16. The standard InChI is InChI=1S/C14H15N3O4S/c1-3-9(18)15-13(20)11-12(8-5-6-22-7-8)17-21-14(11)16-10(19)4-2/h5-7H,3-4H2,1-2H3,(H,16,19)(H,15,18,20). The fraction of sp³-hybridized carbons (Fsp3) is 0.286. The number of thiophene rings is 1. The lowest BCUT2D eigenvalue weighted by Gasteiger charge is -2.04. The van der Waals surface area contributed by atoms with E-state index in [1.165, 1.54) is 11.3 Å². The number of aromatic nitrogens is 1. The Morgan fingerprint density at radius 1 is 1.23 bits per heavy atom. The minimum atomic E-state index is -0.652. The van der Waals surface area contributed by atoms with Gasteiger partial charge in [-0.3, -0.25) is 25.0 Å². The third kappa shape index (κ3) is 3.40. The first-order chi connectivity index (χ1) is 10.6. The minimum absolute atomic E-state index is 0.0435. The van der Waals surface area contributed by atoms with Gasteiger partial charge in [0.1, 0.15) is 11.3 Å². The normalized spacial score (nSPS) is 10.3. The zero-order valence-electron chi connectivity index (χ0n) is 12.1. The molecule has 0 aliphatic carbocycles. The van der Waals surface area contributed by atoms with Crippen molar-refractivity contribution < 1.29 is 18.9 Å². The third-order valence-corrected chi connectivity index (χ3v) is 3.55. The molecule has 0 fully saturated rings. The lowest BCUT2D eigenvalue weighted by molar-refractivity contribution is -0.119. The van der Waals surface area contributed by atoms with Crippen LogP contribution in [-0.2, 0) is 9.59 Å². The molecule has 0 aromatic carbocycles. The fourth-order valence-electron chi connectivity index (χ4n) is 1.67. The number of amides is 3. The summed E-state index contributed by atoms with van der Waals surface area (Å²) < 4.78 is 5.08. The summed E-state index contributed by atoms with van der Waals surface area (Å²) in [7, 11) is 0. The maximum atomic E-state index is 12.3. The number of hydrogen-bond donors (Lipinski definition) is 2. The SMILES string of the molecule is CCC(=O)NC(=O)c1c(-c2ccsc2)noc1NC(=O)CC. The largest absolute Gasteiger partial charge is 0.337 e. The number of carbonyl (C=O) groups is 3. The van der Waals surface area contributed by atoms with E-state index in [0.29, 0.717) is 5.56 Å². The molecule has 2 aromatic heterocycles. The van der Waals surface area contributed by atoms with Crippen molar-refractivity contribution in [2.45, 2.75) is 26.7 Å². The molecule has 0 spiro atoms. The second kappa shape index (κ2) is 6.99. The molecule has 2 heterocycles. The zero-order valence-corrected chi connectivity index (χ0v) is 13.0. The van der Waals surface area contributed by atoms with Crippen LogP contribution in [0.1, 0.15) is 37.0 Å². The first-order valence-corrected chi connectivity index (χ1v) is 7.67. The van der Waals surface area contributed by atoms with Gasteiger partial charge in [0.15, 0.2) is 0 Å². The maximum Gasteiger partial charge on any atom is 0.265 e. The van der Waals surface area contributed by atoms with Gasteiger partial charge in [-0.1, -0.05) is 19.0 Å². The summed E-state index contributed by atoms with van der Waals surface area (Å²) in [5, 5.41) is 12.2. The van der Waals surface area contributed by atoms with E-state index >= 15 is 0 Å². The molecule has 22 heavy (non-hydrogen) atoms. The molecule has 3 amide bonds. The predicted molar refractivity (Wildman–Crippen MR) is 81.5 cm³/mol. The number of nitrogens with one attached hydrogen (secondary N) is 2. The lowest BCUT2D eigenvalue weighted by atomic mass is 10.1. The average molecular weight is 321 g/mol. The fourth-order valence-corrected chi connectivity index (χ4v) is 2.32. The van der Waals surface area contributed by atoms with Crippen LogP contribution in [0.15, 0.2) is 21.3 Å². The Bertz CT molecular complexity index is 691. The summed E-state index contributed by atoms with van der Waals surface area (Å²) in [5.74, 6) is -1.45. The van der Waals surface area contributed by atoms with Crippen LogP contribution in [0.2, 0.25) is 0 Å². The van der Waals surface area contributed by atoms with Gasteiger partial charge in [0.2, 0.25) is 17.7 Å². The second-order valence-electron chi connectivity index (χ2n) is 4.38. The van der Waals surface area contributed by atoms with Crippen molar-refractivity contribution in [2.24, 2.45) is 0 Å². The van der Waals surface area contributed by atoms with E-state index in [0.717, 1.165) is 0 Å². The highest BCUT2D eigenvalue weighted by molar-refractivity contribution is 7.08. The molecule has 2 rings (SSSR count). The van der Waals surface area contributed by atoms with Crippen LogP contribution in [0.25, 0.3) is 11.3 Å². The van der Waals surface area contributed by atoms with Crippen molar-refractivity contribution in [3.05, 3.63) is 22.4 Å². The van der Waals surface area contributed by atoms with Crippen LogP contribution in [0.4, 0.5) is 5.88 Å². The number of imide groups is 1. The van der Waals surface area contributed by atoms with Crippen LogP contribution in [0.5, 0.6) is 0 Å². The number of hydrogen-bond acceptors (Lipinski definition) is 6. The van der Waals surface area contributed by atoms with Gasteiger partial charge >= 0.3 is 0 Å². The smallest absolute Gasteiger partial charge is 0.265 e. The summed E-state index contributed by atoms with van der Waals surface area (Å²) in [6.07, 6.45) is 0.394. The molecule has 0 aliphatic rings. The van der Waals surface area contributed by atoms with Crippen LogP contribution < -0.4 is 10.6 Å². The Kier molecular flexibility index (Phi) is 5.05. The predicted octanol–water partition coefficient (Wildman–Crippen LogP) is 2.42. The molecule has 7 nitrogen and oxygen atoms in total. The van der Waals surface area contributed by atoms with Crippen molar-refractivity contribution in [3.8, 4) is 11.3 Å². The summed E-state index contributed by atoms with van der Waals surface area (Å²) >= 11 is 1.43. The summed E-state index contributed by atoms with van der Waals surface area (Å²) in [4.78, 5) is 35.3. The van der Waals surface area contributed by atoms with Gasteiger partial charge in [-0.05, 0) is 11.4 Å². The van der Waals surface area contributed by atoms with E-state index in [2.05, 4.69) is 15.8 Å². The van der Waals surface area contributed by atoms with E-state index < -0.39 is 11.8 Å². The monoisotopic (exact) mass is 321 g/mol. The molecule has 2 N–H and O–H groups in total. The van der Waals surface area contributed by atoms with Crippen molar-refractivity contribution in [2.75, 3.05) is 5.32 Å². The van der Waals surface area contributed by atoms with Crippen LogP contribution in [-0.4, -0.2) is 22.9 Å². The number of anilines is 1. The van der Waals surface area contributed by atoms with Crippen molar-refractivity contribution in [1.82, 2.24) is 10.5 Å². The zero-order chi connectivity index (χ0) is 16.1. The number of carbonyl (C=O) groups excluding carboxylic acids is 3. The van der Waals surface area contributed by atoms with Gasteiger partial charge in [0, 0.05) is 23.8 Å². The number of rotatable bonds is 5. The Morgan fingerprint density at radius 3 is 2.55 bits per heavy atom. The van der Waals surface area contributed by atoms with Crippen molar-refractivity contribution >= 4 is 34.9 Å². The van der Waals surface area contributed by atoms with Gasteiger partial charge in [0.25, 0.3) is 5.91 Å². The Morgan fingerprint density at radius 2 is 1.95 bits per heavy atom. The van der Waals surface area contributed by atoms with Crippen molar-refractivity contribution in [1.29, 1.82) is 0 Å². The molecule has 2 aromatic rings. The van der Waals surface area contributed by atoms with Gasteiger partial charge in [-0.2, -0.15) is 11.3 Å². The van der Waals surface area contributed by atoms with E-state index in [1.54, 1.807) is 25.3 Å². The van der Waals surface area contributed by atoms with E-state index in [-0.39, 0.29) is 35.9 Å². The van der Waals surface area contributed by atoms with Gasteiger partial charge in [-0.25, -0.2) is 0 Å². The molecule has 0 bridgehead atoms. The quantitative estimate of drug-likeness (QED) is 0.880. The van der Waals surface area contributed by atoms with Crippen molar-refractivity contribution in [3.63, 3.8) is 0 Å². The molecule has 0 aliphatic heterocycles. The van der Waals surface area contributed by atoms with E-state index in [4.69, 9.17) is 4.52 Å². The third-order valence-electron chi connectivity index (χ3n) is 2.86. The molecule has 0 saturated carbocycles. The van der Waals surface area contributed by atoms with Gasteiger partial charge < -0.3 is 4.52 Å². The van der Waals surface area contributed by atoms with E-state index in [9.17, 15) is 14.4 Å². The highest BCUT2D eigenvalue weighted by atomic mass is 32.1. The lowest BCUT2D eigenvalue weighted by Crippen LogP contribution is -2.30. The molecule has 8 heteroatoms. The maximum absolute atomic E-state index is 12.3. The van der Waals surface area contributed by atoms with Gasteiger partial charge in [-0.15, -0.1) is 0 Å². The molecular weight excluding hydrogens is 306 g/mol. The Hall–Kier alpha value is -2.48.